The van der Waals surface area contributed by atoms with Gasteiger partial charge in [0.15, 0.2) is 0 Å². The molecule has 0 amide bonds. The zero-order valence-corrected chi connectivity index (χ0v) is 13.2. The molecule has 0 fully saturated rings. The standard InChI is InChI=1S/C16H14IN3/c1-12-11-20(15-9-7-13(17)8-10-15)16(18-12)19-14-5-3-2-4-6-14/h2-11H,1H3,(H,18,19). The smallest absolute Gasteiger partial charge is 0.212 e. The second kappa shape index (κ2) is 5.66. The summed E-state index contributed by atoms with van der Waals surface area (Å²) in [5.74, 6) is 0.829. The van der Waals surface area contributed by atoms with E-state index in [0.717, 1.165) is 23.0 Å². The minimum absolute atomic E-state index is 0.829. The van der Waals surface area contributed by atoms with Gasteiger partial charge >= 0.3 is 0 Å². The third-order valence-corrected chi connectivity index (χ3v) is 3.68. The lowest BCUT2D eigenvalue weighted by Crippen LogP contribution is -2.00. The van der Waals surface area contributed by atoms with Gasteiger partial charge in [0.2, 0.25) is 5.95 Å². The van der Waals surface area contributed by atoms with Crippen molar-refractivity contribution in [3.05, 3.63) is 70.1 Å². The molecule has 0 aliphatic heterocycles. The summed E-state index contributed by atoms with van der Waals surface area (Å²) in [6.45, 7) is 2.00. The molecule has 0 atom stereocenters. The number of hydrogen-bond donors (Lipinski definition) is 1. The SMILES string of the molecule is Cc1cn(-c2ccc(I)cc2)c(Nc2ccccc2)n1. The average molecular weight is 375 g/mol. The molecule has 0 aliphatic carbocycles. The van der Waals surface area contributed by atoms with E-state index in [4.69, 9.17) is 0 Å². The first-order valence-electron chi connectivity index (χ1n) is 6.36. The van der Waals surface area contributed by atoms with E-state index in [2.05, 4.69) is 61.7 Å². The van der Waals surface area contributed by atoms with Crippen LogP contribution < -0.4 is 5.32 Å². The third kappa shape index (κ3) is 2.85. The van der Waals surface area contributed by atoms with E-state index in [-0.39, 0.29) is 0 Å². The molecule has 1 heterocycles. The van der Waals surface area contributed by atoms with Gasteiger partial charge in [-0.3, -0.25) is 4.57 Å². The molecule has 3 aromatic rings. The number of anilines is 2. The number of imidazole rings is 1. The zero-order valence-electron chi connectivity index (χ0n) is 11.0. The van der Waals surface area contributed by atoms with Crippen LogP contribution in [0.1, 0.15) is 5.69 Å². The summed E-state index contributed by atoms with van der Waals surface area (Å²) in [5.41, 5.74) is 3.12. The molecule has 2 aromatic carbocycles. The highest BCUT2D eigenvalue weighted by Gasteiger charge is 2.07. The maximum atomic E-state index is 4.55. The van der Waals surface area contributed by atoms with Crippen LogP contribution in [-0.2, 0) is 0 Å². The number of nitrogens with zero attached hydrogens (tertiary/aromatic N) is 2. The molecule has 1 aromatic heterocycles. The molecule has 1 N–H and O–H groups in total. The van der Waals surface area contributed by atoms with Gasteiger partial charge < -0.3 is 5.32 Å². The van der Waals surface area contributed by atoms with E-state index in [9.17, 15) is 0 Å². The monoisotopic (exact) mass is 375 g/mol. The minimum Gasteiger partial charge on any atom is -0.325 e. The molecule has 3 nitrogen and oxygen atoms in total. The van der Waals surface area contributed by atoms with Crippen LogP contribution in [-0.4, -0.2) is 9.55 Å². The van der Waals surface area contributed by atoms with Crippen LogP contribution in [0.15, 0.2) is 60.8 Å². The van der Waals surface area contributed by atoms with Gasteiger partial charge in [0, 0.05) is 21.1 Å². The van der Waals surface area contributed by atoms with E-state index in [1.165, 1.54) is 3.57 Å². The molecule has 0 spiro atoms. The van der Waals surface area contributed by atoms with Crippen LogP contribution >= 0.6 is 22.6 Å². The Kier molecular flexibility index (Phi) is 3.73. The van der Waals surface area contributed by atoms with Crippen LogP contribution in [0.2, 0.25) is 0 Å². The van der Waals surface area contributed by atoms with Crippen LogP contribution in [0.25, 0.3) is 5.69 Å². The highest BCUT2D eigenvalue weighted by molar-refractivity contribution is 14.1. The molecule has 0 bridgehead atoms. The van der Waals surface area contributed by atoms with Crippen molar-refractivity contribution in [3.8, 4) is 5.69 Å². The van der Waals surface area contributed by atoms with Crippen LogP contribution in [0, 0.1) is 10.5 Å². The first kappa shape index (κ1) is 13.2. The molecule has 3 rings (SSSR count). The number of aromatic nitrogens is 2. The van der Waals surface area contributed by atoms with Crippen molar-refractivity contribution in [2.45, 2.75) is 6.92 Å². The Morgan fingerprint density at radius 3 is 2.40 bits per heavy atom. The summed E-state index contributed by atoms with van der Waals surface area (Å²) < 4.78 is 3.29. The molecule has 100 valence electrons. The van der Waals surface area contributed by atoms with Gasteiger partial charge in [-0.25, -0.2) is 4.98 Å². The first-order chi connectivity index (χ1) is 9.72. The third-order valence-electron chi connectivity index (χ3n) is 2.96. The van der Waals surface area contributed by atoms with Gasteiger partial charge in [0.25, 0.3) is 0 Å². The second-order valence-electron chi connectivity index (χ2n) is 4.54. The summed E-state index contributed by atoms with van der Waals surface area (Å²) in [6, 6.07) is 18.5. The number of halogens is 1. The number of rotatable bonds is 3. The average Bonchev–Trinajstić information content (AvgIpc) is 2.81. The van der Waals surface area contributed by atoms with Crippen LogP contribution in [0.5, 0.6) is 0 Å². The number of benzene rings is 2. The summed E-state index contributed by atoms with van der Waals surface area (Å²) in [5, 5.41) is 3.36. The van der Waals surface area contributed by atoms with Gasteiger partial charge in [-0.1, -0.05) is 18.2 Å². The van der Waals surface area contributed by atoms with E-state index < -0.39 is 0 Å². The van der Waals surface area contributed by atoms with Gasteiger partial charge in [0.05, 0.1) is 5.69 Å². The Bertz CT molecular complexity index is 702. The van der Waals surface area contributed by atoms with Crippen molar-refractivity contribution in [2.24, 2.45) is 0 Å². The zero-order chi connectivity index (χ0) is 13.9. The fraction of sp³-hybridized carbons (Fsp3) is 0.0625. The predicted octanol–water partition coefficient (Wildman–Crippen LogP) is 4.53. The predicted molar refractivity (Wildman–Crippen MR) is 90.7 cm³/mol. The first-order valence-corrected chi connectivity index (χ1v) is 7.44. The van der Waals surface area contributed by atoms with Crippen LogP contribution in [0.3, 0.4) is 0 Å². The van der Waals surface area contributed by atoms with Gasteiger partial charge in [0.1, 0.15) is 0 Å². The van der Waals surface area contributed by atoms with Gasteiger partial charge in [-0.15, -0.1) is 0 Å². The van der Waals surface area contributed by atoms with Crippen molar-refractivity contribution in [1.82, 2.24) is 9.55 Å². The topological polar surface area (TPSA) is 29.9 Å². The largest absolute Gasteiger partial charge is 0.325 e. The molecular weight excluding hydrogens is 361 g/mol. The normalized spacial score (nSPS) is 10.5. The molecule has 0 unspecified atom stereocenters. The molecule has 20 heavy (non-hydrogen) atoms. The molecular formula is C16H14IN3. The molecule has 0 saturated heterocycles. The van der Waals surface area contributed by atoms with E-state index in [1.807, 2.05) is 43.5 Å². The van der Waals surface area contributed by atoms with Crippen molar-refractivity contribution >= 4 is 34.2 Å². The van der Waals surface area contributed by atoms with Gasteiger partial charge in [-0.05, 0) is 65.9 Å². The summed E-state index contributed by atoms with van der Waals surface area (Å²) in [6.07, 6.45) is 2.04. The van der Waals surface area contributed by atoms with Crippen molar-refractivity contribution in [2.75, 3.05) is 5.32 Å². The Morgan fingerprint density at radius 1 is 1.00 bits per heavy atom. The van der Waals surface area contributed by atoms with Crippen molar-refractivity contribution < 1.29 is 0 Å². The number of hydrogen-bond acceptors (Lipinski definition) is 2. The lowest BCUT2D eigenvalue weighted by molar-refractivity contribution is 1.06. The quantitative estimate of drug-likeness (QED) is 0.682. The van der Waals surface area contributed by atoms with Gasteiger partial charge in [-0.2, -0.15) is 0 Å². The highest BCUT2D eigenvalue weighted by Crippen LogP contribution is 2.21. The fourth-order valence-corrected chi connectivity index (χ4v) is 2.39. The van der Waals surface area contributed by atoms with E-state index in [0.29, 0.717) is 0 Å². The Morgan fingerprint density at radius 2 is 1.70 bits per heavy atom. The fourth-order valence-electron chi connectivity index (χ4n) is 2.04. The Hall–Kier alpha value is -1.82. The molecule has 0 aliphatic rings. The van der Waals surface area contributed by atoms with Crippen molar-refractivity contribution in [1.29, 1.82) is 0 Å². The lowest BCUT2D eigenvalue weighted by Gasteiger charge is -2.09. The lowest BCUT2D eigenvalue weighted by atomic mass is 10.3. The molecule has 0 radical (unpaired) electrons. The second-order valence-corrected chi connectivity index (χ2v) is 5.79. The summed E-state index contributed by atoms with van der Waals surface area (Å²) in [7, 11) is 0. The van der Waals surface area contributed by atoms with Crippen molar-refractivity contribution in [3.63, 3.8) is 0 Å². The molecule has 4 heteroatoms. The summed E-state index contributed by atoms with van der Waals surface area (Å²) in [4.78, 5) is 4.55. The Balaban J connectivity index is 1.98. The number of aryl methyl sites for hydroxylation is 1. The van der Waals surface area contributed by atoms with E-state index >= 15 is 0 Å². The Labute approximate surface area is 131 Å². The maximum Gasteiger partial charge on any atom is 0.212 e. The summed E-state index contributed by atoms with van der Waals surface area (Å²) >= 11 is 2.31. The molecule has 0 saturated carbocycles. The number of para-hydroxylation sites is 1. The highest BCUT2D eigenvalue weighted by atomic mass is 127. The minimum atomic E-state index is 0.829. The maximum absolute atomic E-state index is 4.55. The van der Waals surface area contributed by atoms with Crippen LogP contribution in [0.4, 0.5) is 11.6 Å². The van der Waals surface area contributed by atoms with E-state index in [1.54, 1.807) is 0 Å². The number of nitrogens with one attached hydrogen (secondary N) is 1.